The highest BCUT2D eigenvalue weighted by atomic mass is 16.5. The Morgan fingerprint density at radius 3 is 2.56 bits per heavy atom. The Hall–Kier alpha value is -0.120. The lowest BCUT2D eigenvalue weighted by Gasteiger charge is -2.43. The van der Waals surface area contributed by atoms with Gasteiger partial charge >= 0.3 is 0 Å². The van der Waals surface area contributed by atoms with Gasteiger partial charge in [0.2, 0.25) is 0 Å². The van der Waals surface area contributed by atoms with E-state index in [2.05, 4.69) is 32.6 Å². The monoisotopic (exact) mass is 226 g/mol. The fraction of sp³-hybridized carbons (Fsp3) is 1.00. The summed E-state index contributed by atoms with van der Waals surface area (Å²) in [6, 6.07) is 1.37. The minimum atomic E-state index is 0.298. The van der Waals surface area contributed by atoms with Gasteiger partial charge < -0.3 is 10.5 Å². The van der Waals surface area contributed by atoms with E-state index in [1.54, 1.807) is 0 Å². The van der Waals surface area contributed by atoms with Gasteiger partial charge in [0.15, 0.2) is 0 Å². The largest absolute Gasteiger partial charge is 0.376 e. The predicted octanol–water partition coefficient (Wildman–Crippen LogP) is 1.61. The Balaban J connectivity index is 2.07. The standard InChI is InChI=1S/C13H26N2O/c1-9-8-16-10(2)7-15(9)11-5-6-13(3,4)12(11)14/h9-12H,5-8,14H2,1-4H3. The topological polar surface area (TPSA) is 38.5 Å². The molecule has 0 aromatic rings. The molecule has 0 spiro atoms. The van der Waals surface area contributed by atoms with E-state index in [0.717, 1.165) is 13.2 Å². The van der Waals surface area contributed by atoms with Crippen molar-refractivity contribution in [3.8, 4) is 0 Å². The first-order valence-electron chi connectivity index (χ1n) is 6.55. The van der Waals surface area contributed by atoms with E-state index in [9.17, 15) is 0 Å². The van der Waals surface area contributed by atoms with Crippen molar-refractivity contribution in [2.24, 2.45) is 11.1 Å². The van der Waals surface area contributed by atoms with Gasteiger partial charge in [-0.3, -0.25) is 4.90 Å². The van der Waals surface area contributed by atoms with Gasteiger partial charge in [-0.25, -0.2) is 0 Å². The molecule has 0 radical (unpaired) electrons. The molecule has 2 fully saturated rings. The first-order chi connectivity index (χ1) is 7.42. The lowest BCUT2D eigenvalue weighted by Crippen LogP contribution is -2.57. The van der Waals surface area contributed by atoms with Gasteiger partial charge in [0, 0.05) is 24.7 Å². The van der Waals surface area contributed by atoms with Crippen LogP contribution in [0.15, 0.2) is 0 Å². The molecule has 4 unspecified atom stereocenters. The highest BCUT2D eigenvalue weighted by Crippen LogP contribution is 2.39. The van der Waals surface area contributed by atoms with Gasteiger partial charge in [-0.2, -0.15) is 0 Å². The van der Waals surface area contributed by atoms with Crippen LogP contribution >= 0.6 is 0 Å². The number of nitrogens with zero attached hydrogens (tertiary/aromatic N) is 1. The summed E-state index contributed by atoms with van der Waals surface area (Å²) in [5, 5.41) is 0. The van der Waals surface area contributed by atoms with Crippen LogP contribution in [0.1, 0.15) is 40.5 Å². The van der Waals surface area contributed by atoms with Crippen LogP contribution in [-0.4, -0.2) is 42.3 Å². The SMILES string of the molecule is CC1CN(C2CCC(C)(C)C2N)C(C)CO1. The number of ether oxygens (including phenoxy) is 1. The fourth-order valence-corrected chi connectivity index (χ4v) is 3.15. The molecule has 4 atom stereocenters. The van der Waals surface area contributed by atoms with Crippen LogP contribution in [0.2, 0.25) is 0 Å². The summed E-state index contributed by atoms with van der Waals surface area (Å²) in [5.41, 5.74) is 6.71. The first-order valence-corrected chi connectivity index (χ1v) is 6.55. The highest BCUT2D eigenvalue weighted by molar-refractivity contribution is 5.01. The van der Waals surface area contributed by atoms with Crippen LogP contribution < -0.4 is 5.73 Å². The van der Waals surface area contributed by atoms with Gasteiger partial charge in [0.1, 0.15) is 0 Å². The van der Waals surface area contributed by atoms with Crippen molar-refractivity contribution < 1.29 is 4.74 Å². The molecule has 16 heavy (non-hydrogen) atoms. The van der Waals surface area contributed by atoms with E-state index in [1.165, 1.54) is 12.8 Å². The minimum absolute atomic E-state index is 0.298. The van der Waals surface area contributed by atoms with Crippen molar-refractivity contribution >= 4 is 0 Å². The third-order valence-corrected chi connectivity index (χ3v) is 4.48. The van der Waals surface area contributed by atoms with Gasteiger partial charge in [-0.05, 0) is 32.1 Å². The average Bonchev–Trinajstić information content (AvgIpc) is 2.47. The first kappa shape index (κ1) is 12.3. The van der Waals surface area contributed by atoms with Crippen LogP contribution in [0.5, 0.6) is 0 Å². The normalized spacial score (nSPS) is 44.8. The van der Waals surface area contributed by atoms with E-state index in [-0.39, 0.29) is 0 Å². The molecule has 1 aliphatic heterocycles. The minimum Gasteiger partial charge on any atom is -0.376 e. The van der Waals surface area contributed by atoms with Crippen LogP contribution in [0.4, 0.5) is 0 Å². The molecular formula is C13H26N2O. The molecule has 94 valence electrons. The number of hydrogen-bond acceptors (Lipinski definition) is 3. The fourth-order valence-electron chi connectivity index (χ4n) is 3.15. The van der Waals surface area contributed by atoms with Crippen LogP contribution in [0.25, 0.3) is 0 Å². The number of hydrogen-bond donors (Lipinski definition) is 1. The Bertz CT molecular complexity index is 254. The summed E-state index contributed by atoms with van der Waals surface area (Å²) in [7, 11) is 0. The molecule has 1 heterocycles. The molecule has 2 rings (SSSR count). The average molecular weight is 226 g/mol. The Kier molecular flexibility index (Phi) is 3.30. The lowest BCUT2D eigenvalue weighted by molar-refractivity contribution is -0.0687. The molecule has 1 aliphatic carbocycles. The predicted molar refractivity (Wildman–Crippen MR) is 66.4 cm³/mol. The molecule has 0 bridgehead atoms. The summed E-state index contributed by atoms with van der Waals surface area (Å²) >= 11 is 0. The maximum absolute atomic E-state index is 6.41. The molecule has 0 amide bonds. The molecule has 1 saturated carbocycles. The quantitative estimate of drug-likeness (QED) is 0.738. The summed E-state index contributed by atoms with van der Waals surface area (Å²) in [6.45, 7) is 10.9. The molecule has 2 N–H and O–H groups in total. The Morgan fingerprint density at radius 1 is 1.31 bits per heavy atom. The van der Waals surface area contributed by atoms with Crippen molar-refractivity contribution in [3.63, 3.8) is 0 Å². The van der Waals surface area contributed by atoms with Gasteiger partial charge in [0.25, 0.3) is 0 Å². The summed E-state index contributed by atoms with van der Waals surface area (Å²) in [6.07, 6.45) is 2.84. The van der Waals surface area contributed by atoms with E-state index in [4.69, 9.17) is 10.5 Å². The van der Waals surface area contributed by atoms with Gasteiger partial charge in [0.05, 0.1) is 12.7 Å². The number of morpholine rings is 1. The van der Waals surface area contributed by atoms with Crippen molar-refractivity contribution in [2.45, 2.75) is 64.8 Å². The van der Waals surface area contributed by atoms with Crippen LogP contribution in [0.3, 0.4) is 0 Å². The third-order valence-electron chi connectivity index (χ3n) is 4.48. The lowest BCUT2D eigenvalue weighted by atomic mass is 9.87. The van der Waals surface area contributed by atoms with Gasteiger partial charge in [-0.1, -0.05) is 13.8 Å². The molecule has 0 aromatic carbocycles. The molecule has 0 aromatic heterocycles. The number of nitrogens with two attached hydrogens (primary N) is 1. The molecule has 3 heteroatoms. The number of rotatable bonds is 1. The zero-order valence-corrected chi connectivity index (χ0v) is 11.1. The van der Waals surface area contributed by atoms with E-state index in [0.29, 0.717) is 29.6 Å². The Morgan fingerprint density at radius 2 is 2.00 bits per heavy atom. The third kappa shape index (κ3) is 2.13. The maximum atomic E-state index is 6.41. The zero-order chi connectivity index (χ0) is 11.9. The van der Waals surface area contributed by atoms with Gasteiger partial charge in [-0.15, -0.1) is 0 Å². The highest BCUT2D eigenvalue weighted by Gasteiger charge is 2.44. The van der Waals surface area contributed by atoms with E-state index in [1.807, 2.05) is 0 Å². The second-order valence-electron chi connectivity index (χ2n) is 6.31. The van der Waals surface area contributed by atoms with Crippen molar-refractivity contribution in [1.82, 2.24) is 4.90 Å². The Labute approximate surface area is 99.3 Å². The van der Waals surface area contributed by atoms with Crippen molar-refractivity contribution in [3.05, 3.63) is 0 Å². The molecule has 3 nitrogen and oxygen atoms in total. The summed E-state index contributed by atoms with van der Waals surface area (Å²) in [5.74, 6) is 0. The van der Waals surface area contributed by atoms with E-state index < -0.39 is 0 Å². The van der Waals surface area contributed by atoms with Crippen molar-refractivity contribution in [1.29, 1.82) is 0 Å². The maximum Gasteiger partial charge on any atom is 0.0674 e. The molecular weight excluding hydrogens is 200 g/mol. The van der Waals surface area contributed by atoms with Crippen LogP contribution in [0, 0.1) is 5.41 Å². The second-order valence-corrected chi connectivity index (χ2v) is 6.31. The summed E-state index contributed by atoms with van der Waals surface area (Å²) in [4.78, 5) is 2.58. The second kappa shape index (κ2) is 4.28. The molecule has 1 saturated heterocycles. The zero-order valence-electron chi connectivity index (χ0n) is 11.1. The summed E-state index contributed by atoms with van der Waals surface area (Å²) < 4.78 is 5.68. The smallest absolute Gasteiger partial charge is 0.0674 e. The van der Waals surface area contributed by atoms with Crippen molar-refractivity contribution in [2.75, 3.05) is 13.2 Å². The molecule has 2 aliphatic rings. The van der Waals surface area contributed by atoms with E-state index >= 15 is 0 Å². The van der Waals surface area contributed by atoms with Crippen LogP contribution in [-0.2, 0) is 4.74 Å².